The van der Waals surface area contributed by atoms with Gasteiger partial charge in [-0.3, -0.25) is 14.3 Å². The Bertz CT molecular complexity index is 969. The average molecular weight is 420 g/mol. The number of rotatable bonds is 4. The zero-order valence-electron chi connectivity index (χ0n) is 16.6. The van der Waals surface area contributed by atoms with Crippen LogP contribution in [0, 0.1) is 5.92 Å². The number of carbonyl (C=O) groups is 2. The van der Waals surface area contributed by atoms with Crippen LogP contribution in [0.1, 0.15) is 47.7 Å². The molecule has 160 valence electrons. The summed E-state index contributed by atoms with van der Waals surface area (Å²) in [6.45, 7) is 0.260. The maximum absolute atomic E-state index is 12.9. The van der Waals surface area contributed by atoms with E-state index in [1.54, 1.807) is 12.3 Å². The lowest BCUT2D eigenvalue weighted by molar-refractivity contribution is -0.137. The Morgan fingerprint density at radius 1 is 1.33 bits per heavy atom. The normalized spacial score (nSPS) is 21.6. The summed E-state index contributed by atoms with van der Waals surface area (Å²) < 4.78 is 40.6. The highest BCUT2D eigenvalue weighted by Crippen LogP contribution is 2.32. The van der Waals surface area contributed by atoms with Gasteiger partial charge in [0.1, 0.15) is 0 Å². The van der Waals surface area contributed by atoms with E-state index in [4.69, 9.17) is 0 Å². The molecule has 0 spiro atoms. The summed E-state index contributed by atoms with van der Waals surface area (Å²) >= 11 is 0. The summed E-state index contributed by atoms with van der Waals surface area (Å²) in [6.07, 6.45) is 0.0991. The monoisotopic (exact) mass is 420 g/mol. The van der Waals surface area contributed by atoms with Crippen LogP contribution in [-0.2, 0) is 35.8 Å². The van der Waals surface area contributed by atoms with E-state index < -0.39 is 17.7 Å². The molecule has 0 bridgehead atoms. The predicted octanol–water partition coefficient (Wildman–Crippen LogP) is 2.98. The van der Waals surface area contributed by atoms with E-state index in [0.29, 0.717) is 5.56 Å². The molecule has 9 heteroatoms. The molecule has 1 aliphatic carbocycles. The number of carbonyl (C=O) groups excluding carboxylic acids is 2. The molecule has 6 nitrogen and oxygen atoms in total. The third-order valence-electron chi connectivity index (χ3n) is 5.91. The minimum absolute atomic E-state index is 0.0582. The predicted molar refractivity (Wildman–Crippen MR) is 102 cm³/mol. The Kier molecular flexibility index (Phi) is 5.29. The maximum atomic E-state index is 12.9. The van der Waals surface area contributed by atoms with Crippen LogP contribution >= 0.6 is 0 Å². The van der Waals surface area contributed by atoms with Crippen molar-refractivity contribution in [2.75, 3.05) is 6.54 Å². The Labute approximate surface area is 172 Å². The number of aryl methyl sites for hydroxylation is 1. The number of nitrogens with zero attached hydrogens (tertiary/aromatic N) is 3. The van der Waals surface area contributed by atoms with Crippen molar-refractivity contribution in [3.8, 4) is 0 Å². The van der Waals surface area contributed by atoms with Gasteiger partial charge in [-0.1, -0.05) is 12.1 Å². The minimum atomic E-state index is -4.43. The number of aromatic nitrogens is 2. The molecule has 1 aromatic heterocycles. The van der Waals surface area contributed by atoms with Crippen LogP contribution in [0.25, 0.3) is 0 Å². The summed E-state index contributed by atoms with van der Waals surface area (Å²) in [5.41, 5.74) is 1.78. The van der Waals surface area contributed by atoms with Gasteiger partial charge in [-0.2, -0.15) is 18.3 Å². The van der Waals surface area contributed by atoms with Crippen molar-refractivity contribution in [2.24, 2.45) is 13.0 Å². The number of alkyl halides is 3. The first-order valence-corrected chi connectivity index (χ1v) is 9.97. The molecular weight excluding hydrogens is 397 g/mol. The molecule has 1 fully saturated rings. The van der Waals surface area contributed by atoms with E-state index in [1.165, 1.54) is 11.0 Å². The fourth-order valence-corrected chi connectivity index (χ4v) is 4.31. The molecule has 2 amide bonds. The Morgan fingerprint density at radius 2 is 2.13 bits per heavy atom. The summed E-state index contributed by atoms with van der Waals surface area (Å²) in [4.78, 5) is 26.6. The standard InChI is InChI=1S/C21H23F3N4O2/c1-27-18-7-3-6-17(16(18)10-25-27)26-20(30)14-9-19(29)28(12-14)11-13-4-2-5-15(8-13)21(22,23)24/h2,4-5,8,10,14,17H,3,6-7,9,11-12H2,1H3,(H,26,30)/t14-,17-/m0/s1. The van der Waals surface area contributed by atoms with E-state index in [1.807, 2.05) is 11.7 Å². The van der Waals surface area contributed by atoms with Gasteiger partial charge < -0.3 is 10.2 Å². The van der Waals surface area contributed by atoms with E-state index in [9.17, 15) is 22.8 Å². The average Bonchev–Trinajstić information content (AvgIpc) is 3.25. The summed E-state index contributed by atoms with van der Waals surface area (Å²) in [7, 11) is 1.88. The first-order valence-electron chi connectivity index (χ1n) is 9.97. The molecule has 4 rings (SSSR count). The number of hydrogen-bond donors (Lipinski definition) is 1. The van der Waals surface area contributed by atoms with Crippen LogP contribution in [0.2, 0.25) is 0 Å². The molecule has 1 aromatic carbocycles. The first kappa shape index (κ1) is 20.4. The number of likely N-dealkylation sites (tertiary alicyclic amines) is 1. The minimum Gasteiger partial charge on any atom is -0.349 e. The van der Waals surface area contributed by atoms with Crippen LogP contribution in [-0.4, -0.2) is 33.0 Å². The van der Waals surface area contributed by atoms with Crippen molar-refractivity contribution in [1.82, 2.24) is 20.0 Å². The Hall–Kier alpha value is -2.84. The zero-order valence-corrected chi connectivity index (χ0v) is 16.6. The molecule has 2 atom stereocenters. The highest BCUT2D eigenvalue weighted by atomic mass is 19.4. The van der Waals surface area contributed by atoms with Crippen molar-refractivity contribution in [3.05, 3.63) is 52.8 Å². The zero-order chi connectivity index (χ0) is 21.5. The summed E-state index contributed by atoms with van der Waals surface area (Å²) in [5.74, 6) is -0.930. The molecule has 30 heavy (non-hydrogen) atoms. The van der Waals surface area contributed by atoms with Crippen molar-refractivity contribution < 1.29 is 22.8 Å². The Balaban J connectivity index is 1.40. The number of amides is 2. The first-order chi connectivity index (χ1) is 14.2. The third kappa shape index (κ3) is 4.06. The maximum Gasteiger partial charge on any atom is 0.416 e. The van der Waals surface area contributed by atoms with Crippen molar-refractivity contribution >= 4 is 11.8 Å². The molecule has 2 aliphatic rings. The highest BCUT2D eigenvalue weighted by molar-refractivity contribution is 5.89. The van der Waals surface area contributed by atoms with Gasteiger partial charge >= 0.3 is 6.18 Å². The summed E-state index contributed by atoms with van der Waals surface area (Å²) in [5, 5.41) is 7.32. The Morgan fingerprint density at radius 3 is 2.90 bits per heavy atom. The van der Waals surface area contributed by atoms with Crippen LogP contribution in [0.3, 0.4) is 0 Å². The molecule has 1 aliphatic heterocycles. The quantitative estimate of drug-likeness (QED) is 0.827. The van der Waals surface area contributed by atoms with Gasteiger partial charge in [0.15, 0.2) is 0 Å². The largest absolute Gasteiger partial charge is 0.416 e. The van der Waals surface area contributed by atoms with Gasteiger partial charge in [-0.25, -0.2) is 0 Å². The van der Waals surface area contributed by atoms with Crippen LogP contribution in [0.15, 0.2) is 30.5 Å². The van der Waals surface area contributed by atoms with Crippen LogP contribution < -0.4 is 5.32 Å². The van der Waals surface area contributed by atoms with Crippen molar-refractivity contribution in [3.63, 3.8) is 0 Å². The molecule has 2 aromatic rings. The van der Waals surface area contributed by atoms with Gasteiger partial charge in [-0.15, -0.1) is 0 Å². The smallest absolute Gasteiger partial charge is 0.349 e. The fourth-order valence-electron chi connectivity index (χ4n) is 4.31. The second-order valence-electron chi connectivity index (χ2n) is 8.00. The van der Waals surface area contributed by atoms with Gasteiger partial charge in [0.25, 0.3) is 0 Å². The van der Waals surface area contributed by atoms with Crippen molar-refractivity contribution in [2.45, 2.75) is 44.4 Å². The van der Waals surface area contributed by atoms with Crippen LogP contribution in [0.5, 0.6) is 0 Å². The number of hydrogen-bond acceptors (Lipinski definition) is 3. The second kappa shape index (κ2) is 7.77. The highest BCUT2D eigenvalue weighted by Gasteiger charge is 2.36. The van der Waals surface area contributed by atoms with E-state index in [0.717, 1.165) is 42.7 Å². The van der Waals surface area contributed by atoms with Crippen molar-refractivity contribution in [1.29, 1.82) is 0 Å². The molecule has 0 radical (unpaired) electrons. The fraction of sp³-hybridized carbons (Fsp3) is 0.476. The molecule has 2 heterocycles. The van der Waals surface area contributed by atoms with E-state index in [-0.39, 0.29) is 37.4 Å². The molecule has 1 N–H and O–H groups in total. The molecule has 0 unspecified atom stereocenters. The lowest BCUT2D eigenvalue weighted by Crippen LogP contribution is -2.36. The van der Waals surface area contributed by atoms with Gasteiger partial charge in [0.05, 0.1) is 23.7 Å². The number of halogens is 3. The second-order valence-corrected chi connectivity index (χ2v) is 8.00. The molecular formula is C21H23F3N4O2. The van der Waals surface area contributed by atoms with Gasteiger partial charge in [-0.05, 0) is 37.0 Å². The lowest BCUT2D eigenvalue weighted by Gasteiger charge is -2.25. The van der Waals surface area contributed by atoms with E-state index >= 15 is 0 Å². The van der Waals surface area contributed by atoms with Gasteiger partial charge in [0.2, 0.25) is 11.8 Å². The number of nitrogens with one attached hydrogen (secondary N) is 1. The lowest BCUT2D eigenvalue weighted by atomic mass is 9.92. The third-order valence-corrected chi connectivity index (χ3v) is 5.91. The molecule has 1 saturated heterocycles. The topological polar surface area (TPSA) is 67.2 Å². The summed E-state index contributed by atoms with van der Waals surface area (Å²) in [6, 6.07) is 4.82. The molecule has 0 saturated carbocycles. The van der Waals surface area contributed by atoms with Crippen LogP contribution in [0.4, 0.5) is 13.2 Å². The van der Waals surface area contributed by atoms with Gasteiger partial charge in [0, 0.05) is 37.8 Å². The number of benzene rings is 1. The van der Waals surface area contributed by atoms with E-state index in [2.05, 4.69) is 10.4 Å². The number of fused-ring (bicyclic) bond motifs is 1. The SMILES string of the molecule is Cn1ncc2c1CCC[C@@H]2NC(=O)[C@H]1CC(=O)N(Cc2cccc(C(F)(F)F)c2)C1.